The molecule has 14 heavy (non-hydrogen) atoms. The zero-order valence-corrected chi connectivity index (χ0v) is 8.87. The molecule has 0 amide bonds. The molecule has 3 aliphatic rings. The Hall–Kier alpha value is -0.0800. The Kier molecular flexibility index (Phi) is 2.50. The lowest BCUT2D eigenvalue weighted by Crippen LogP contribution is -2.50. The summed E-state index contributed by atoms with van der Waals surface area (Å²) in [6, 6.07) is 1.63. The van der Waals surface area contributed by atoms with Crippen LogP contribution in [0.3, 0.4) is 0 Å². The van der Waals surface area contributed by atoms with E-state index in [4.69, 9.17) is 4.74 Å². The molecule has 3 rings (SSSR count). The summed E-state index contributed by atoms with van der Waals surface area (Å²) in [5, 5.41) is 3.85. The number of hydrogen-bond donors (Lipinski definition) is 1. The fourth-order valence-corrected chi connectivity index (χ4v) is 2.99. The highest BCUT2D eigenvalue weighted by molar-refractivity contribution is 4.97. The molecule has 2 atom stereocenters. The van der Waals surface area contributed by atoms with Crippen molar-refractivity contribution in [3.05, 3.63) is 0 Å². The van der Waals surface area contributed by atoms with Gasteiger partial charge in [-0.25, -0.2) is 0 Å². The Bertz CT molecular complexity index is 196. The SMILES string of the molecule is C1CC(NC2CCC2C2CC2)CCO1. The van der Waals surface area contributed by atoms with Gasteiger partial charge in [-0.3, -0.25) is 0 Å². The molecule has 1 N–H and O–H groups in total. The molecule has 1 saturated heterocycles. The Morgan fingerprint density at radius 1 is 0.857 bits per heavy atom. The first kappa shape index (κ1) is 9.17. The van der Waals surface area contributed by atoms with Gasteiger partial charge in [0.15, 0.2) is 0 Å². The molecule has 0 bridgehead atoms. The van der Waals surface area contributed by atoms with E-state index in [1.807, 2.05) is 0 Å². The third kappa shape index (κ3) is 1.82. The van der Waals surface area contributed by atoms with Crippen molar-refractivity contribution in [2.75, 3.05) is 13.2 Å². The molecular formula is C12H21NO. The average molecular weight is 195 g/mol. The largest absolute Gasteiger partial charge is 0.381 e. The molecule has 0 aromatic heterocycles. The smallest absolute Gasteiger partial charge is 0.0480 e. The minimum absolute atomic E-state index is 0.760. The summed E-state index contributed by atoms with van der Waals surface area (Å²) < 4.78 is 5.38. The van der Waals surface area contributed by atoms with Crippen LogP contribution >= 0.6 is 0 Å². The van der Waals surface area contributed by atoms with Crippen LogP contribution in [-0.4, -0.2) is 25.3 Å². The summed E-state index contributed by atoms with van der Waals surface area (Å²) in [6.07, 6.45) is 8.40. The quantitative estimate of drug-likeness (QED) is 0.743. The van der Waals surface area contributed by atoms with Crippen molar-refractivity contribution < 1.29 is 4.74 Å². The molecule has 2 heteroatoms. The molecule has 0 aromatic carbocycles. The van der Waals surface area contributed by atoms with E-state index in [1.54, 1.807) is 0 Å². The lowest BCUT2D eigenvalue weighted by atomic mass is 9.75. The van der Waals surface area contributed by atoms with E-state index >= 15 is 0 Å². The van der Waals surface area contributed by atoms with Gasteiger partial charge in [-0.2, -0.15) is 0 Å². The molecular weight excluding hydrogens is 174 g/mol. The van der Waals surface area contributed by atoms with Crippen LogP contribution in [0.5, 0.6) is 0 Å². The predicted octanol–water partition coefficient (Wildman–Crippen LogP) is 1.94. The molecule has 0 aromatic rings. The van der Waals surface area contributed by atoms with Gasteiger partial charge >= 0.3 is 0 Å². The number of rotatable bonds is 3. The molecule has 3 fully saturated rings. The highest BCUT2D eigenvalue weighted by Crippen LogP contribution is 2.47. The zero-order valence-electron chi connectivity index (χ0n) is 8.87. The predicted molar refractivity (Wildman–Crippen MR) is 56.2 cm³/mol. The van der Waals surface area contributed by atoms with E-state index in [0.717, 1.165) is 37.1 Å². The molecule has 2 nitrogen and oxygen atoms in total. The monoisotopic (exact) mass is 195 g/mol. The van der Waals surface area contributed by atoms with E-state index in [9.17, 15) is 0 Å². The summed E-state index contributed by atoms with van der Waals surface area (Å²) in [4.78, 5) is 0. The van der Waals surface area contributed by atoms with Crippen LogP contribution < -0.4 is 5.32 Å². The van der Waals surface area contributed by atoms with Gasteiger partial charge in [0.1, 0.15) is 0 Å². The summed E-state index contributed by atoms with van der Waals surface area (Å²) in [7, 11) is 0. The van der Waals surface area contributed by atoms with Gasteiger partial charge in [-0.1, -0.05) is 0 Å². The summed E-state index contributed by atoms with van der Waals surface area (Å²) in [5.41, 5.74) is 0. The number of ether oxygens (including phenoxy) is 1. The normalized spacial score (nSPS) is 39.4. The Morgan fingerprint density at radius 2 is 1.64 bits per heavy atom. The van der Waals surface area contributed by atoms with Gasteiger partial charge in [-0.05, 0) is 50.4 Å². The number of nitrogens with one attached hydrogen (secondary N) is 1. The summed E-state index contributed by atoms with van der Waals surface area (Å²) in [6.45, 7) is 1.94. The highest BCUT2D eigenvalue weighted by atomic mass is 16.5. The summed E-state index contributed by atoms with van der Waals surface area (Å²) >= 11 is 0. The van der Waals surface area contributed by atoms with Gasteiger partial charge in [0, 0.05) is 25.3 Å². The molecule has 2 aliphatic carbocycles. The van der Waals surface area contributed by atoms with Crippen LogP contribution in [0.1, 0.15) is 38.5 Å². The van der Waals surface area contributed by atoms with Crippen LogP contribution in [0.15, 0.2) is 0 Å². The van der Waals surface area contributed by atoms with E-state index in [0.29, 0.717) is 0 Å². The Balaban J connectivity index is 1.46. The van der Waals surface area contributed by atoms with E-state index in [2.05, 4.69) is 5.32 Å². The average Bonchev–Trinajstić information content (AvgIpc) is 2.99. The third-order valence-electron chi connectivity index (χ3n) is 4.23. The molecule has 2 unspecified atom stereocenters. The van der Waals surface area contributed by atoms with Crippen LogP contribution in [-0.2, 0) is 4.74 Å². The third-order valence-corrected chi connectivity index (χ3v) is 4.23. The minimum atomic E-state index is 0.760. The van der Waals surface area contributed by atoms with Crippen molar-refractivity contribution >= 4 is 0 Å². The molecule has 2 saturated carbocycles. The maximum atomic E-state index is 5.38. The van der Waals surface area contributed by atoms with Crippen molar-refractivity contribution in [3.8, 4) is 0 Å². The van der Waals surface area contributed by atoms with E-state index in [-0.39, 0.29) is 0 Å². The van der Waals surface area contributed by atoms with Crippen molar-refractivity contribution in [1.82, 2.24) is 5.32 Å². The highest BCUT2D eigenvalue weighted by Gasteiger charge is 2.42. The fraction of sp³-hybridized carbons (Fsp3) is 1.00. The molecule has 1 aliphatic heterocycles. The minimum Gasteiger partial charge on any atom is -0.381 e. The maximum absolute atomic E-state index is 5.38. The zero-order chi connectivity index (χ0) is 9.38. The second-order valence-corrected chi connectivity index (χ2v) is 5.24. The molecule has 0 radical (unpaired) electrons. The second kappa shape index (κ2) is 3.82. The van der Waals surface area contributed by atoms with Gasteiger partial charge < -0.3 is 10.1 Å². The van der Waals surface area contributed by atoms with Gasteiger partial charge in [-0.15, -0.1) is 0 Å². The Labute approximate surface area is 86.4 Å². The van der Waals surface area contributed by atoms with Crippen LogP contribution in [0.25, 0.3) is 0 Å². The molecule has 1 heterocycles. The van der Waals surface area contributed by atoms with Crippen LogP contribution in [0.2, 0.25) is 0 Å². The Morgan fingerprint density at radius 3 is 2.21 bits per heavy atom. The van der Waals surface area contributed by atoms with Gasteiger partial charge in [0.25, 0.3) is 0 Å². The first-order valence-corrected chi connectivity index (χ1v) is 6.27. The van der Waals surface area contributed by atoms with Crippen molar-refractivity contribution in [3.63, 3.8) is 0 Å². The lowest BCUT2D eigenvalue weighted by molar-refractivity contribution is 0.0616. The van der Waals surface area contributed by atoms with Crippen molar-refractivity contribution in [1.29, 1.82) is 0 Å². The van der Waals surface area contributed by atoms with Crippen LogP contribution in [0.4, 0.5) is 0 Å². The molecule has 0 spiro atoms. The topological polar surface area (TPSA) is 21.3 Å². The second-order valence-electron chi connectivity index (χ2n) is 5.24. The van der Waals surface area contributed by atoms with Crippen molar-refractivity contribution in [2.45, 2.75) is 50.6 Å². The summed E-state index contributed by atoms with van der Waals surface area (Å²) in [5.74, 6) is 2.14. The first-order valence-electron chi connectivity index (χ1n) is 6.27. The maximum Gasteiger partial charge on any atom is 0.0480 e. The van der Waals surface area contributed by atoms with Crippen LogP contribution in [0, 0.1) is 11.8 Å². The van der Waals surface area contributed by atoms with Gasteiger partial charge in [0.2, 0.25) is 0 Å². The van der Waals surface area contributed by atoms with Gasteiger partial charge in [0.05, 0.1) is 0 Å². The first-order chi connectivity index (χ1) is 6.93. The molecule has 80 valence electrons. The fourth-order valence-electron chi connectivity index (χ4n) is 2.99. The standard InChI is InChI=1S/C12H21NO/c1-2-9(1)11-3-4-12(11)13-10-5-7-14-8-6-10/h9-13H,1-8H2. The van der Waals surface area contributed by atoms with E-state index in [1.165, 1.54) is 38.5 Å². The van der Waals surface area contributed by atoms with E-state index < -0.39 is 0 Å². The number of hydrogen-bond acceptors (Lipinski definition) is 2. The van der Waals surface area contributed by atoms with Crippen molar-refractivity contribution in [2.24, 2.45) is 11.8 Å². The lowest BCUT2D eigenvalue weighted by Gasteiger charge is -2.41.